The molecule has 140 valence electrons. The van der Waals surface area contributed by atoms with Gasteiger partial charge < -0.3 is 4.90 Å². The van der Waals surface area contributed by atoms with Crippen LogP contribution in [0.2, 0.25) is 0 Å². The van der Waals surface area contributed by atoms with Gasteiger partial charge in [0.1, 0.15) is 5.84 Å². The summed E-state index contributed by atoms with van der Waals surface area (Å²) in [4.78, 5) is 6.84. The lowest BCUT2D eigenvalue weighted by atomic mass is 10.0. The predicted molar refractivity (Wildman–Crippen MR) is 109 cm³/mol. The van der Waals surface area contributed by atoms with Crippen LogP contribution in [0.4, 0.5) is 0 Å². The summed E-state index contributed by atoms with van der Waals surface area (Å²) in [5.74, 6) is 1.26. The molecule has 0 unspecified atom stereocenters. The summed E-state index contributed by atoms with van der Waals surface area (Å²) in [7, 11) is 0. The molecule has 0 radical (unpaired) electrons. The second kappa shape index (κ2) is 15.7. The molecule has 0 aliphatic carbocycles. The minimum absolute atomic E-state index is 0.978. The number of allylic oxidation sites excluding steroid dienone is 1. The zero-order chi connectivity index (χ0) is 17.3. The third kappa shape index (κ3) is 10.9. The van der Waals surface area contributed by atoms with Crippen molar-refractivity contribution in [3.8, 4) is 0 Å². The van der Waals surface area contributed by atoms with E-state index in [1.165, 1.54) is 95.7 Å². The molecule has 1 aliphatic heterocycles. The monoisotopic (exact) mass is 334 g/mol. The van der Waals surface area contributed by atoms with E-state index in [2.05, 4.69) is 36.0 Å². The number of nitrogens with zero attached hydrogens (tertiary/aromatic N) is 2. The molecule has 2 nitrogen and oxygen atoms in total. The van der Waals surface area contributed by atoms with E-state index in [1.807, 2.05) is 0 Å². The summed E-state index contributed by atoms with van der Waals surface area (Å²) >= 11 is 0. The van der Waals surface area contributed by atoms with Crippen molar-refractivity contribution < 1.29 is 0 Å². The van der Waals surface area contributed by atoms with Crippen LogP contribution in [0.3, 0.4) is 0 Å². The van der Waals surface area contributed by atoms with Crippen molar-refractivity contribution in [3.63, 3.8) is 0 Å². The molecular weight excluding hydrogens is 292 g/mol. The molecule has 0 amide bonds. The number of unbranched alkanes of at least 4 members (excludes halogenated alkanes) is 13. The van der Waals surface area contributed by atoms with Gasteiger partial charge in [-0.3, -0.25) is 4.99 Å². The van der Waals surface area contributed by atoms with Crippen molar-refractivity contribution in [2.75, 3.05) is 13.1 Å². The quantitative estimate of drug-likeness (QED) is 0.275. The van der Waals surface area contributed by atoms with Crippen LogP contribution in [-0.2, 0) is 0 Å². The molecule has 1 rings (SSSR count). The van der Waals surface area contributed by atoms with Crippen LogP contribution in [0.5, 0.6) is 0 Å². The average molecular weight is 335 g/mol. The molecule has 0 saturated carbocycles. The topological polar surface area (TPSA) is 15.6 Å². The molecule has 0 aromatic rings. The third-order valence-corrected chi connectivity index (χ3v) is 5.04. The molecule has 0 atom stereocenters. The van der Waals surface area contributed by atoms with Crippen LogP contribution in [0, 0.1) is 0 Å². The number of hydrogen-bond acceptors (Lipinski definition) is 2. The first-order valence-corrected chi connectivity index (χ1v) is 10.8. The highest BCUT2D eigenvalue weighted by atomic mass is 15.2. The van der Waals surface area contributed by atoms with Gasteiger partial charge in [-0.15, -0.1) is 0 Å². The molecule has 2 heteroatoms. The van der Waals surface area contributed by atoms with E-state index in [-0.39, 0.29) is 0 Å². The highest BCUT2D eigenvalue weighted by Gasteiger charge is 2.10. The SMILES string of the molecule is CCCCCCCCCCCCCCCC=CN1CCN=C1CC. The van der Waals surface area contributed by atoms with Crippen molar-refractivity contribution in [3.05, 3.63) is 12.3 Å². The van der Waals surface area contributed by atoms with Crippen LogP contribution in [-0.4, -0.2) is 23.8 Å². The first kappa shape index (κ1) is 21.3. The van der Waals surface area contributed by atoms with E-state index in [4.69, 9.17) is 0 Å². The molecular formula is C22H42N2. The van der Waals surface area contributed by atoms with Crippen molar-refractivity contribution in [1.82, 2.24) is 4.90 Å². The maximum Gasteiger partial charge on any atom is 0.103 e. The summed E-state index contributed by atoms with van der Waals surface area (Å²) < 4.78 is 0. The summed E-state index contributed by atoms with van der Waals surface area (Å²) in [6, 6.07) is 0. The Morgan fingerprint density at radius 2 is 1.33 bits per heavy atom. The summed E-state index contributed by atoms with van der Waals surface area (Å²) in [5, 5.41) is 0. The standard InChI is InChI=1S/C22H42N2/c1-3-5-6-7-8-9-10-11-12-13-14-15-16-17-18-20-24-21-19-23-22(24)4-2/h18,20H,3-17,19,21H2,1-2H3. The van der Waals surface area contributed by atoms with Crippen LogP contribution in [0.1, 0.15) is 110 Å². The molecule has 0 aromatic heterocycles. The number of aliphatic imine (C=N–C) groups is 1. The van der Waals surface area contributed by atoms with E-state index in [0.717, 1.165) is 19.5 Å². The van der Waals surface area contributed by atoms with Gasteiger partial charge in [-0.05, 0) is 12.8 Å². The smallest absolute Gasteiger partial charge is 0.103 e. The lowest BCUT2D eigenvalue weighted by molar-refractivity contribution is 0.539. The largest absolute Gasteiger partial charge is 0.335 e. The minimum Gasteiger partial charge on any atom is -0.335 e. The summed E-state index contributed by atoms with van der Waals surface area (Å²) in [6.45, 7) is 6.54. The molecule has 0 spiro atoms. The van der Waals surface area contributed by atoms with E-state index in [9.17, 15) is 0 Å². The van der Waals surface area contributed by atoms with Gasteiger partial charge in [0.25, 0.3) is 0 Å². The second-order valence-electron chi connectivity index (χ2n) is 7.26. The van der Waals surface area contributed by atoms with Crippen molar-refractivity contribution >= 4 is 5.84 Å². The molecule has 0 saturated heterocycles. The van der Waals surface area contributed by atoms with Gasteiger partial charge >= 0.3 is 0 Å². The molecule has 0 fully saturated rings. The van der Waals surface area contributed by atoms with Gasteiger partial charge in [-0.25, -0.2) is 0 Å². The van der Waals surface area contributed by atoms with Crippen LogP contribution in [0.15, 0.2) is 17.3 Å². The summed E-state index contributed by atoms with van der Waals surface area (Å²) in [5.41, 5.74) is 0. The minimum atomic E-state index is 0.978. The lowest BCUT2D eigenvalue weighted by Crippen LogP contribution is -2.20. The number of rotatable bonds is 16. The van der Waals surface area contributed by atoms with Crippen molar-refractivity contribution in [2.45, 2.75) is 110 Å². The van der Waals surface area contributed by atoms with E-state index < -0.39 is 0 Å². The fourth-order valence-electron chi connectivity index (χ4n) is 3.46. The average Bonchev–Trinajstić information content (AvgIpc) is 3.06. The molecule has 1 heterocycles. The maximum atomic E-state index is 4.52. The molecule has 0 bridgehead atoms. The second-order valence-corrected chi connectivity index (χ2v) is 7.26. The molecule has 0 aromatic carbocycles. The van der Waals surface area contributed by atoms with E-state index in [1.54, 1.807) is 0 Å². The first-order valence-electron chi connectivity index (χ1n) is 10.8. The van der Waals surface area contributed by atoms with Gasteiger partial charge in [0.2, 0.25) is 0 Å². The Morgan fingerprint density at radius 1 is 0.792 bits per heavy atom. The van der Waals surface area contributed by atoms with E-state index >= 15 is 0 Å². The fraction of sp³-hybridized carbons (Fsp3) is 0.864. The highest BCUT2D eigenvalue weighted by molar-refractivity contribution is 5.84. The van der Waals surface area contributed by atoms with Crippen LogP contribution < -0.4 is 0 Å². The summed E-state index contributed by atoms with van der Waals surface area (Å²) in [6.07, 6.45) is 25.5. The molecule has 1 aliphatic rings. The Hall–Kier alpha value is -0.790. The van der Waals surface area contributed by atoms with Crippen molar-refractivity contribution in [1.29, 1.82) is 0 Å². The fourth-order valence-corrected chi connectivity index (χ4v) is 3.46. The highest BCUT2D eigenvalue weighted by Crippen LogP contribution is 2.13. The number of amidine groups is 1. The van der Waals surface area contributed by atoms with Crippen LogP contribution >= 0.6 is 0 Å². The van der Waals surface area contributed by atoms with E-state index in [0.29, 0.717) is 0 Å². The Morgan fingerprint density at radius 3 is 1.88 bits per heavy atom. The number of hydrogen-bond donors (Lipinski definition) is 0. The Bertz CT molecular complexity index is 333. The first-order chi connectivity index (χ1) is 11.9. The molecule has 0 N–H and O–H groups in total. The van der Waals surface area contributed by atoms with Gasteiger partial charge in [0, 0.05) is 19.2 Å². The van der Waals surface area contributed by atoms with Gasteiger partial charge in [-0.1, -0.05) is 97.0 Å². The van der Waals surface area contributed by atoms with Gasteiger partial charge in [0.15, 0.2) is 0 Å². The predicted octanol–water partition coefficient (Wildman–Crippen LogP) is 7.11. The molecule has 24 heavy (non-hydrogen) atoms. The zero-order valence-electron chi connectivity index (χ0n) is 16.6. The zero-order valence-corrected chi connectivity index (χ0v) is 16.6. The third-order valence-electron chi connectivity index (χ3n) is 5.04. The maximum absolute atomic E-state index is 4.52. The van der Waals surface area contributed by atoms with Crippen LogP contribution in [0.25, 0.3) is 0 Å². The van der Waals surface area contributed by atoms with Crippen molar-refractivity contribution in [2.24, 2.45) is 4.99 Å². The Labute approximate surface area is 151 Å². The van der Waals surface area contributed by atoms with Gasteiger partial charge in [0.05, 0.1) is 6.54 Å². The Kier molecular flexibility index (Phi) is 13.9. The van der Waals surface area contributed by atoms with Gasteiger partial charge in [-0.2, -0.15) is 0 Å². The normalized spacial score (nSPS) is 14.8. The Balaban J connectivity index is 1.78. The lowest BCUT2D eigenvalue weighted by Gasteiger charge is -2.13.